The number of esters is 2. The summed E-state index contributed by atoms with van der Waals surface area (Å²) in [4.78, 5) is 108. The second-order valence-corrected chi connectivity index (χ2v) is 17.6. The molecule has 3 aromatic heterocycles. The van der Waals surface area contributed by atoms with Crippen LogP contribution in [0.5, 0.6) is 0 Å². The lowest BCUT2D eigenvalue weighted by Gasteiger charge is -2.27. The number of hydrogen-bond acceptors (Lipinski definition) is 14. The van der Waals surface area contributed by atoms with Crippen molar-refractivity contribution >= 4 is 86.0 Å². The van der Waals surface area contributed by atoms with Crippen LogP contribution in [0, 0.1) is 13.8 Å². The summed E-state index contributed by atoms with van der Waals surface area (Å²) in [7, 11) is 1.34. The summed E-state index contributed by atoms with van der Waals surface area (Å²) in [6.07, 6.45) is 1.89. The molecule has 21 nitrogen and oxygen atoms in total. The van der Waals surface area contributed by atoms with E-state index in [1.165, 1.54) is 21.8 Å². The van der Waals surface area contributed by atoms with Gasteiger partial charge in [-0.15, -0.1) is 0 Å². The lowest BCUT2D eigenvalue weighted by atomic mass is 10.00. The highest BCUT2D eigenvalue weighted by atomic mass is 16.5. The van der Waals surface area contributed by atoms with Crippen molar-refractivity contribution in [3.05, 3.63) is 69.3 Å². The Balaban J connectivity index is 1.29. The number of amides is 2. The molecule has 72 heavy (non-hydrogen) atoms. The van der Waals surface area contributed by atoms with E-state index in [9.17, 15) is 48.9 Å². The number of aromatic nitrogens is 4. The van der Waals surface area contributed by atoms with Crippen LogP contribution >= 0.6 is 0 Å². The van der Waals surface area contributed by atoms with Crippen molar-refractivity contribution in [3.63, 3.8) is 0 Å². The van der Waals surface area contributed by atoms with E-state index in [1.807, 2.05) is 32.0 Å². The van der Waals surface area contributed by atoms with E-state index >= 15 is 0 Å². The second-order valence-electron chi connectivity index (χ2n) is 17.6. The topological polar surface area (TPSA) is 290 Å². The summed E-state index contributed by atoms with van der Waals surface area (Å²) in [5.41, 5.74) is 13.1. The molecular weight excluding hydrogens is 931 g/mol. The van der Waals surface area contributed by atoms with Gasteiger partial charge >= 0.3 is 29.8 Å². The fourth-order valence-electron chi connectivity index (χ4n) is 8.96. The largest absolute Gasteiger partial charge is 0.480 e. The van der Waals surface area contributed by atoms with E-state index in [-0.39, 0.29) is 77.7 Å². The maximum atomic E-state index is 13.4. The fraction of sp³-hybridized carbons (Fsp3) is 0.471. The molecule has 0 atom stereocenters. The van der Waals surface area contributed by atoms with E-state index in [2.05, 4.69) is 54.4 Å². The van der Waals surface area contributed by atoms with Gasteiger partial charge in [0.2, 0.25) is 11.8 Å². The number of hydrogen-bond donors (Lipinski definition) is 7. The molecule has 2 amide bonds. The van der Waals surface area contributed by atoms with E-state index in [1.54, 1.807) is 6.92 Å². The molecule has 0 spiro atoms. The maximum absolute atomic E-state index is 13.4. The number of rotatable bonds is 26. The second kappa shape index (κ2) is 25.8. The molecule has 0 saturated carbocycles. The van der Waals surface area contributed by atoms with Crippen molar-refractivity contribution in [1.29, 1.82) is 0 Å². The van der Waals surface area contributed by atoms with Crippen LogP contribution in [0.4, 0.5) is 0 Å². The number of H-pyrrole nitrogens is 2. The molecule has 0 aliphatic carbocycles. The molecule has 2 aliphatic rings. The Bertz CT molecular complexity index is 2810. The molecule has 7 N–H and O–H groups in total. The predicted octanol–water partition coefficient (Wildman–Crippen LogP) is 4.29. The van der Waals surface area contributed by atoms with Crippen molar-refractivity contribution in [2.24, 2.45) is 0 Å². The third-order valence-electron chi connectivity index (χ3n) is 12.7. The Morgan fingerprint density at radius 3 is 1.67 bits per heavy atom. The van der Waals surface area contributed by atoms with Gasteiger partial charge < -0.3 is 45.4 Å². The smallest absolute Gasteiger partial charge is 0.340 e. The van der Waals surface area contributed by atoms with Crippen LogP contribution in [0.1, 0.15) is 104 Å². The zero-order valence-electron chi connectivity index (χ0n) is 42.4. The number of carboxylic acid groups (broad SMARTS) is 3. The fourth-order valence-corrected chi connectivity index (χ4v) is 8.96. The summed E-state index contributed by atoms with van der Waals surface area (Å²) in [6.45, 7) is 11.8. The highest BCUT2D eigenvalue weighted by Gasteiger charge is 2.25. The third-order valence-corrected chi connectivity index (χ3v) is 12.7. The molecule has 21 heteroatoms. The Morgan fingerprint density at radius 1 is 0.583 bits per heavy atom. The van der Waals surface area contributed by atoms with E-state index in [4.69, 9.17) is 19.4 Å². The molecule has 0 unspecified atom stereocenters. The van der Waals surface area contributed by atoms with Gasteiger partial charge in [0.05, 0.1) is 80.3 Å². The number of carbonyl (C=O) groups excluding carboxylic acids is 4. The summed E-state index contributed by atoms with van der Waals surface area (Å²) in [6, 6.07) is 7.87. The summed E-state index contributed by atoms with van der Waals surface area (Å²) in [5.74, 6) is -5.57. The predicted molar refractivity (Wildman–Crippen MR) is 271 cm³/mol. The van der Waals surface area contributed by atoms with Crippen molar-refractivity contribution < 1.29 is 58.4 Å². The minimum Gasteiger partial charge on any atom is -0.480 e. The van der Waals surface area contributed by atoms with Gasteiger partial charge in [0.15, 0.2) is 0 Å². The normalized spacial score (nSPS) is 12.5. The molecule has 8 bridgehead atoms. The van der Waals surface area contributed by atoms with Gasteiger partial charge in [-0.2, -0.15) is 0 Å². The molecule has 0 saturated heterocycles. The minimum absolute atomic E-state index is 0.00138. The quantitative estimate of drug-likeness (QED) is 0.0436. The minimum atomic E-state index is -1.22. The molecule has 5 rings (SSSR count). The zero-order chi connectivity index (χ0) is 52.8. The van der Waals surface area contributed by atoms with Crippen molar-refractivity contribution in [2.75, 3.05) is 85.7 Å². The first kappa shape index (κ1) is 55.7. The number of fused-ring (bicyclic) bond motifs is 8. The van der Waals surface area contributed by atoms with Gasteiger partial charge in [-0.05, 0) is 117 Å². The van der Waals surface area contributed by atoms with E-state index in [0.717, 1.165) is 74.2 Å². The van der Waals surface area contributed by atoms with Gasteiger partial charge in [0.25, 0.3) is 0 Å². The van der Waals surface area contributed by atoms with E-state index in [0.29, 0.717) is 28.0 Å². The molecule has 2 aliphatic heterocycles. The average Bonchev–Trinajstić information content (AvgIpc) is 3.99. The Hall–Kier alpha value is -7.23. The van der Waals surface area contributed by atoms with Crippen LogP contribution in [-0.4, -0.2) is 177 Å². The van der Waals surface area contributed by atoms with Gasteiger partial charge in [-0.3, -0.25) is 43.5 Å². The van der Waals surface area contributed by atoms with Crippen LogP contribution in [-0.2, 0) is 44.7 Å². The molecule has 5 heterocycles. The monoisotopic (exact) mass is 997 g/mol. The number of aryl methyl sites for hydroxylation is 3. The van der Waals surface area contributed by atoms with Crippen LogP contribution in [0.15, 0.2) is 24.3 Å². The van der Waals surface area contributed by atoms with Crippen LogP contribution in [0.3, 0.4) is 0 Å². The van der Waals surface area contributed by atoms with Gasteiger partial charge in [0.1, 0.15) is 0 Å². The molecule has 3 aromatic rings. The van der Waals surface area contributed by atoms with Crippen molar-refractivity contribution in [1.82, 2.24) is 45.3 Å². The number of nitrogens with zero attached hydrogens (tertiary/aromatic N) is 5. The van der Waals surface area contributed by atoms with E-state index < -0.39 is 55.4 Å². The highest BCUT2D eigenvalue weighted by Crippen LogP contribution is 2.37. The van der Waals surface area contributed by atoms with Crippen LogP contribution in [0.25, 0.3) is 44.4 Å². The standard InChI is InChI=1S/C51H67N9O12/c1-9-33-29(4)36-20-37-31(6)35(42(56-37)23-43-50(51(70)71-8)32(7)39(57-43)22-41-34(10-2)30(5)38(55-41)21-40(33)54-36)12-13-44(61)52-14-15-53-45(62)24-59(26-47(65)66)18-16-58(25-46(63)64)17-19-60(27-48(67)68)28-49(69)72-11-3/h20-23,55,57H,9-19,24-28H2,1-8H3,(H,52,61)(H,53,62)(H,63,64)(H,65,66)(H,67,68). The first-order chi connectivity index (χ1) is 34.3. The Labute approximate surface area is 417 Å². The first-order valence-electron chi connectivity index (χ1n) is 24.0. The number of carbonyl (C=O) groups is 7. The number of aliphatic carboxylic acids is 3. The van der Waals surface area contributed by atoms with Crippen molar-refractivity contribution in [3.8, 4) is 0 Å². The number of nitrogens with one attached hydrogen (secondary N) is 4. The summed E-state index contributed by atoms with van der Waals surface area (Å²) < 4.78 is 10.2. The lowest BCUT2D eigenvalue weighted by molar-refractivity contribution is -0.146. The molecule has 388 valence electrons. The van der Waals surface area contributed by atoms with Gasteiger partial charge in [-0.1, -0.05) is 13.8 Å². The number of carboxylic acids is 3. The highest BCUT2D eigenvalue weighted by molar-refractivity contribution is 6.03. The average molecular weight is 998 g/mol. The molecule has 0 fully saturated rings. The maximum Gasteiger partial charge on any atom is 0.340 e. The van der Waals surface area contributed by atoms with Gasteiger partial charge in [-0.25, -0.2) is 14.8 Å². The summed E-state index contributed by atoms with van der Waals surface area (Å²) >= 11 is 0. The SMILES string of the molecule is CCOC(=O)CN(CCN(CCN(CC(=O)O)CC(=O)NCCNC(=O)CCC1=C(C)c2cc3nc(cc4[nH]c(cc5[nH]c(cc1n2)c(C(=O)OC)c5C)c(CC)c4C)C(CC)=C3C)CC(=O)O)CC(=O)O. The summed E-state index contributed by atoms with van der Waals surface area (Å²) in [5, 5.41) is 33.9. The number of ether oxygens (including phenoxy) is 2. The zero-order valence-corrected chi connectivity index (χ0v) is 42.4. The Morgan fingerprint density at radius 2 is 1.10 bits per heavy atom. The first-order valence-corrected chi connectivity index (χ1v) is 24.0. The lowest BCUT2D eigenvalue weighted by Crippen LogP contribution is -2.47. The number of allylic oxidation sites excluding steroid dienone is 4. The molecule has 0 aromatic carbocycles. The third kappa shape index (κ3) is 14.7. The van der Waals surface area contributed by atoms with Crippen molar-refractivity contribution in [2.45, 2.75) is 74.1 Å². The van der Waals surface area contributed by atoms with Crippen LogP contribution in [0.2, 0.25) is 0 Å². The number of aromatic amines is 2. The molecular formula is C51H67N9O12. The van der Waals surface area contributed by atoms with Crippen LogP contribution < -0.4 is 10.6 Å². The Kier molecular flexibility index (Phi) is 19.9. The number of methoxy groups -OCH3 is 1. The molecule has 0 radical (unpaired) electrons. The van der Waals surface area contributed by atoms with Gasteiger partial charge in [0, 0.05) is 62.2 Å².